The molecule has 42 heavy (non-hydrogen) atoms. The first-order valence-electron chi connectivity index (χ1n) is 13.5. The number of aliphatic hydroxyl groups is 1. The van der Waals surface area contributed by atoms with Gasteiger partial charge in [0.05, 0.1) is 30.8 Å². The van der Waals surface area contributed by atoms with E-state index in [0.717, 1.165) is 9.58 Å². The minimum atomic E-state index is -2.90. The molecular formula is C29H35F2N5O6. The fourth-order valence-electron chi connectivity index (χ4n) is 5.09. The molecule has 1 aliphatic rings. The summed E-state index contributed by atoms with van der Waals surface area (Å²) < 4.78 is 40.0. The molecule has 2 amide bonds. The molecule has 13 heteroatoms. The minimum absolute atomic E-state index is 0.0951. The molecule has 1 aliphatic carbocycles. The average molecular weight is 588 g/mol. The lowest BCUT2D eigenvalue weighted by molar-refractivity contribution is -0.147. The third-order valence-corrected chi connectivity index (χ3v) is 7.39. The van der Waals surface area contributed by atoms with E-state index in [9.17, 15) is 28.3 Å². The molecule has 0 unspecified atom stereocenters. The van der Waals surface area contributed by atoms with Crippen LogP contribution in [0.15, 0.2) is 42.6 Å². The summed E-state index contributed by atoms with van der Waals surface area (Å²) in [5.74, 6) is -3.54. The van der Waals surface area contributed by atoms with E-state index in [0.29, 0.717) is 22.3 Å². The molecule has 0 saturated heterocycles. The summed E-state index contributed by atoms with van der Waals surface area (Å²) in [5.41, 5.74) is -0.871. The molecule has 1 aromatic carbocycles. The molecule has 2 aromatic heterocycles. The van der Waals surface area contributed by atoms with Crippen LogP contribution in [0.3, 0.4) is 0 Å². The Balaban J connectivity index is 1.55. The summed E-state index contributed by atoms with van der Waals surface area (Å²) in [6.07, 6.45) is -0.594. The number of nitrogens with zero attached hydrogens (tertiary/aromatic N) is 4. The predicted molar refractivity (Wildman–Crippen MR) is 150 cm³/mol. The zero-order chi connectivity index (χ0) is 30.9. The van der Waals surface area contributed by atoms with Gasteiger partial charge in [-0.1, -0.05) is 12.1 Å². The zero-order valence-corrected chi connectivity index (χ0v) is 24.2. The molecular weight excluding hydrogens is 552 g/mol. The van der Waals surface area contributed by atoms with Crippen LogP contribution in [0.5, 0.6) is 5.75 Å². The van der Waals surface area contributed by atoms with Crippen LogP contribution in [0, 0.1) is 0 Å². The Kier molecular flexibility index (Phi) is 8.53. The molecule has 1 atom stereocenters. The Morgan fingerprint density at radius 1 is 1.10 bits per heavy atom. The van der Waals surface area contributed by atoms with E-state index < -0.39 is 60.3 Å². The number of nitrogens with one attached hydrogen (secondary N) is 1. The number of hydrogen-bond donors (Lipinski definition) is 2. The highest BCUT2D eigenvalue weighted by molar-refractivity contribution is 5.99. The normalized spacial score (nSPS) is 16.9. The molecule has 4 rings (SSSR count). The number of methoxy groups -OCH3 is 1. The summed E-state index contributed by atoms with van der Waals surface area (Å²) in [6, 6.07) is 8.27. The van der Waals surface area contributed by atoms with E-state index in [1.807, 2.05) is 0 Å². The maximum Gasteiger partial charge on any atom is 0.435 e. The fraction of sp³-hybridized carbons (Fsp3) is 0.483. The van der Waals surface area contributed by atoms with E-state index in [1.54, 1.807) is 45.0 Å². The molecule has 11 nitrogen and oxygen atoms in total. The van der Waals surface area contributed by atoms with Gasteiger partial charge in [0.1, 0.15) is 28.7 Å². The number of carbonyl (C=O) groups is 3. The van der Waals surface area contributed by atoms with Crippen molar-refractivity contribution in [3.05, 3.63) is 48.2 Å². The molecule has 3 aromatic rings. The van der Waals surface area contributed by atoms with Crippen LogP contribution in [0.25, 0.3) is 11.0 Å². The van der Waals surface area contributed by atoms with Gasteiger partial charge in [-0.25, -0.2) is 18.6 Å². The topological polar surface area (TPSA) is 136 Å². The Morgan fingerprint density at radius 2 is 1.74 bits per heavy atom. The number of ether oxygens (including phenoxy) is 2. The van der Waals surface area contributed by atoms with Gasteiger partial charge in [-0.15, -0.1) is 0 Å². The van der Waals surface area contributed by atoms with Gasteiger partial charge < -0.3 is 24.8 Å². The van der Waals surface area contributed by atoms with Gasteiger partial charge in [0.2, 0.25) is 11.8 Å². The molecule has 226 valence electrons. The largest absolute Gasteiger partial charge is 0.497 e. The predicted octanol–water partition coefficient (Wildman–Crippen LogP) is 4.13. The Bertz CT molecular complexity index is 1460. The quantitative estimate of drug-likeness (QED) is 0.421. The number of rotatable bonds is 7. The lowest BCUT2D eigenvalue weighted by Crippen LogP contribution is -2.55. The van der Waals surface area contributed by atoms with E-state index >= 15 is 0 Å². The van der Waals surface area contributed by atoms with Gasteiger partial charge >= 0.3 is 6.09 Å². The number of halogens is 2. The summed E-state index contributed by atoms with van der Waals surface area (Å²) in [6.45, 7) is 4.46. The van der Waals surface area contributed by atoms with Gasteiger partial charge in [-0.3, -0.25) is 9.59 Å². The number of aromatic nitrogens is 3. The highest BCUT2D eigenvalue weighted by atomic mass is 19.3. The number of anilines is 1. The molecule has 1 fully saturated rings. The Morgan fingerprint density at radius 3 is 2.31 bits per heavy atom. The van der Waals surface area contributed by atoms with Gasteiger partial charge in [-0.05, 0) is 63.4 Å². The monoisotopic (exact) mass is 587 g/mol. The maximum absolute atomic E-state index is 14.2. The van der Waals surface area contributed by atoms with Crippen molar-refractivity contribution in [3.63, 3.8) is 0 Å². The molecule has 0 spiro atoms. The number of alkyl halides is 2. The number of hydrogen-bond acceptors (Lipinski definition) is 8. The number of benzene rings is 1. The number of likely N-dealkylation sites (N-methyl/N-ethyl adjacent to an activating group) is 1. The molecule has 2 N–H and O–H groups in total. The first-order valence-corrected chi connectivity index (χ1v) is 13.5. The van der Waals surface area contributed by atoms with E-state index in [2.05, 4.69) is 15.4 Å². The number of carbonyl (C=O) groups excluding carboxylic acids is 3. The number of fused-ring (bicyclic) bond motifs is 1. The second-order valence-corrected chi connectivity index (χ2v) is 11.4. The van der Waals surface area contributed by atoms with Crippen LogP contribution in [0.1, 0.15) is 52.0 Å². The average Bonchev–Trinajstić information content (AvgIpc) is 3.36. The molecule has 0 bridgehead atoms. The van der Waals surface area contributed by atoms with Crippen molar-refractivity contribution in [1.82, 2.24) is 19.7 Å². The molecule has 0 radical (unpaired) electrons. The van der Waals surface area contributed by atoms with Crippen LogP contribution in [-0.4, -0.2) is 81.0 Å². The zero-order valence-electron chi connectivity index (χ0n) is 24.2. The highest BCUT2D eigenvalue weighted by Gasteiger charge is 2.51. The number of pyridine rings is 1. The summed E-state index contributed by atoms with van der Waals surface area (Å²) in [4.78, 5) is 45.1. The second kappa shape index (κ2) is 11.6. The Hall–Kier alpha value is -4.13. The number of amides is 2. The summed E-state index contributed by atoms with van der Waals surface area (Å²) in [5, 5.41) is 16.8. The van der Waals surface area contributed by atoms with Crippen LogP contribution in [0.2, 0.25) is 0 Å². The van der Waals surface area contributed by atoms with E-state index in [-0.39, 0.29) is 18.7 Å². The highest BCUT2D eigenvalue weighted by Crippen LogP contribution is 2.47. The van der Waals surface area contributed by atoms with Crippen molar-refractivity contribution in [2.75, 3.05) is 26.1 Å². The van der Waals surface area contributed by atoms with Crippen molar-refractivity contribution in [1.29, 1.82) is 0 Å². The maximum atomic E-state index is 14.2. The van der Waals surface area contributed by atoms with Gasteiger partial charge in [-0.2, -0.15) is 9.78 Å². The third kappa shape index (κ3) is 6.35. The van der Waals surface area contributed by atoms with Crippen LogP contribution in [-0.2, 0) is 19.7 Å². The first kappa shape index (κ1) is 30.8. The van der Waals surface area contributed by atoms with E-state index in [1.165, 1.54) is 32.5 Å². The summed E-state index contributed by atoms with van der Waals surface area (Å²) in [7, 11) is 2.86. The lowest BCUT2D eigenvalue weighted by Gasteiger charge is -2.42. The third-order valence-electron chi connectivity index (χ3n) is 7.39. The van der Waals surface area contributed by atoms with Gasteiger partial charge in [0.15, 0.2) is 0 Å². The van der Waals surface area contributed by atoms with Crippen LogP contribution >= 0.6 is 0 Å². The number of aliphatic hydroxyl groups excluding tert-OH is 1. The molecule has 2 heterocycles. The SMILES string of the molecule is COc1ccc(C2(C(=O)N(C)[C@H](CO)C(=O)Nc3ccc4c(cnn4C(=O)OC(C)(C)C)n3)CCC(F)(F)CC2)cc1. The molecule has 1 saturated carbocycles. The van der Waals surface area contributed by atoms with Crippen LogP contribution in [0.4, 0.5) is 19.4 Å². The van der Waals surface area contributed by atoms with Gasteiger partial charge in [0.25, 0.3) is 5.91 Å². The first-order chi connectivity index (χ1) is 19.7. The smallest absolute Gasteiger partial charge is 0.435 e. The second-order valence-electron chi connectivity index (χ2n) is 11.4. The van der Waals surface area contributed by atoms with Crippen molar-refractivity contribution in [2.24, 2.45) is 0 Å². The van der Waals surface area contributed by atoms with Crippen molar-refractivity contribution in [3.8, 4) is 5.75 Å². The summed E-state index contributed by atoms with van der Waals surface area (Å²) >= 11 is 0. The van der Waals surface area contributed by atoms with Crippen molar-refractivity contribution in [2.45, 2.75) is 69.4 Å². The van der Waals surface area contributed by atoms with Gasteiger partial charge in [0, 0.05) is 19.9 Å². The van der Waals surface area contributed by atoms with E-state index in [4.69, 9.17) is 9.47 Å². The fourth-order valence-corrected chi connectivity index (χ4v) is 5.09. The van der Waals surface area contributed by atoms with Crippen molar-refractivity contribution >= 4 is 34.8 Å². The Labute approximate surface area is 241 Å². The minimum Gasteiger partial charge on any atom is -0.497 e. The van der Waals surface area contributed by atoms with Crippen LogP contribution < -0.4 is 10.1 Å². The molecule has 0 aliphatic heterocycles. The lowest BCUT2D eigenvalue weighted by atomic mass is 9.67. The standard InChI is InChI=1S/C29H35F2N5O6/c1-27(2,3)42-26(40)36-21-10-11-23(33-20(21)16-32-36)34-24(38)22(17-37)35(4)25(39)28(12-14-29(30,31)15-13-28)18-6-8-19(41-5)9-7-18/h6-11,16,22,37H,12-15,17H2,1-5H3,(H,33,34,38)/t22-/m1/s1. The van der Waals surface area contributed by atoms with Crippen molar-refractivity contribution < 1.29 is 37.7 Å².